The Hall–Kier alpha value is -5.01. The second-order valence-corrected chi connectivity index (χ2v) is 17.3. The van der Waals surface area contributed by atoms with E-state index < -0.39 is 13.4 Å². The molecule has 1 N–H and O–H groups in total. The van der Waals surface area contributed by atoms with Gasteiger partial charge in [0.15, 0.2) is 0 Å². The van der Waals surface area contributed by atoms with Crippen molar-refractivity contribution in [1.82, 2.24) is 0 Å². The zero-order valence-electron chi connectivity index (χ0n) is 29.2. The molecule has 8 rings (SSSR count). The molecule has 0 saturated heterocycles. The van der Waals surface area contributed by atoms with Gasteiger partial charge in [0.05, 0.1) is 6.10 Å². The van der Waals surface area contributed by atoms with E-state index in [4.69, 9.17) is 0 Å². The van der Waals surface area contributed by atoms with Crippen LogP contribution in [0.15, 0.2) is 212 Å². The molecule has 1 aliphatic rings. The fourth-order valence-electron chi connectivity index (χ4n) is 8.68. The van der Waals surface area contributed by atoms with Crippen molar-refractivity contribution < 1.29 is 5.11 Å². The third-order valence-electron chi connectivity index (χ3n) is 10.9. The van der Waals surface area contributed by atoms with Gasteiger partial charge < -0.3 is 5.11 Å². The first kappa shape index (κ1) is 34.4. The summed E-state index contributed by atoms with van der Waals surface area (Å²) in [5.41, 5.74) is 5.64. The Morgan fingerprint density at radius 3 is 0.882 bits per heavy atom. The van der Waals surface area contributed by atoms with Crippen molar-refractivity contribution in [3.8, 4) is 0 Å². The molecule has 252 valence electrons. The van der Waals surface area contributed by atoms with Crippen LogP contribution in [0, 0.1) is 0 Å². The molecule has 3 heteroatoms. The number of benzene rings is 7. The van der Waals surface area contributed by atoms with Gasteiger partial charge in [0.2, 0.25) is 0 Å². The number of hydrogen-bond donors (Lipinski definition) is 1. The minimum Gasteiger partial charge on any atom is -0.389 e. The van der Waals surface area contributed by atoms with Gasteiger partial charge >= 0.3 is 0 Å². The molecule has 7 aromatic carbocycles. The Morgan fingerprint density at radius 2 is 0.608 bits per heavy atom. The summed E-state index contributed by atoms with van der Waals surface area (Å²) in [6.45, 7) is 0. The third-order valence-corrected chi connectivity index (χ3v) is 15.8. The summed E-state index contributed by atoms with van der Waals surface area (Å²) in [5.74, 6) is 0. The van der Waals surface area contributed by atoms with E-state index in [1.807, 2.05) is 0 Å². The number of aliphatic hydroxyl groups excluding tert-OH is 1. The summed E-state index contributed by atoms with van der Waals surface area (Å²) in [4.78, 5) is 0. The van der Waals surface area contributed by atoms with E-state index in [1.54, 1.807) is 0 Å². The standard InChI is InChI=1S/C24H20B.C24H26OP/c1-5-13-21(14-6-1)25(22-15-7-2-8-16-22,23-17-9-3-10-18-23)24-19-11-4-12-20-24;25-23-18-10-11-19-24(23)26(20-12-4-1-5-13-20,21-14-6-2-7-15-21)22-16-8-3-9-17-22/h1-20H;1-9,12-17,23-25H,10-11,18-19H2/q-1;+1. The predicted octanol–water partition coefficient (Wildman–Crippen LogP) is 7.35. The van der Waals surface area contributed by atoms with Crippen molar-refractivity contribution >= 4 is 51.2 Å². The number of rotatable bonds is 8. The van der Waals surface area contributed by atoms with Crippen LogP contribution in [0.3, 0.4) is 0 Å². The Balaban J connectivity index is 0.000000159. The van der Waals surface area contributed by atoms with Crippen LogP contribution >= 0.6 is 7.26 Å². The van der Waals surface area contributed by atoms with Crippen LogP contribution in [0.4, 0.5) is 0 Å². The average molecular weight is 681 g/mol. The molecule has 51 heavy (non-hydrogen) atoms. The Labute approximate surface area is 305 Å². The highest BCUT2D eigenvalue weighted by molar-refractivity contribution is 7.96. The highest BCUT2D eigenvalue weighted by atomic mass is 31.2. The van der Waals surface area contributed by atoms with Gasteiger partial charge in [0, 0.05) is 0 Å². The lowest BCUT2D eigenvalue weighted by molar-refractivity contribution is 0.135. The van der Waals surface area contributed by atoms with E-state index in [2.05, 4.69) is 212 Å². The van der Waals surface area contributed by atoms with Crippen LogP contribution in [-0.2, 0) is 0 Å². The second-order valence-electron chi connectivity index (χ2n) is 13.7. The molecule has 0 bridgehead atoms. The average Bonchev–Trinajstić information content (AvgIpc) is 3.22. The summed E-state index contributed by atoms with van der Waals surface area (Å²) in [6.07, 6.45) is 2.89. The second kappa shape index (κ2) is 16.3. The molecule has 2 unspecified atom stereocenters. The molecule has 1 aliphatic carbocycles. The number of hydrogen-bond acceptors (Lipinski definition) is 1. The predicted molar refractivity (Wildman–Crippen MR) is 223 cm³/mol. The molecule has 0 amide bonds. The maximum Gasteiger partial charge on any atom is 0.117 e. The van der Waals surface area contributed by atoms with E-state index in [1.165, 1.54) is 44.2 Å². The maximum atomic E-state index is 11.1. The monoisotopic (exact) mass is 680 g/mol. The fraction of sp³-hybridized carbons (Fsp3) is 0.125. The van der Waals surface area contributed by atoms with E-state index >= 15 is 0 Å². The molecule has 0 spiro atoms. The SMILES string of the molecule is OC1CCCCC1[P+](c1ccccc1)(c1ccccc1)c1ccccc1.c1ccc([B-](c2ccccc2)(c2ccccc2)c2ccccc2)cc1. The first-order valence-corrected chi connectivity index (χ1v) is 20.2. The van der Waals surface area contributed by atoms with Crippen molar-refractivity contribution in [2.75, 3.05) is 0 Å². The summed E-state index contributed by atoms with van der Waals surface area (Å²) >= 11 is 0. The topological polar surface area (TPSA) is 20.2 Å². The van der Waals surface area contributed by atoms with Gasteiger partial charge in [0.25, 0.3) is 0 Å². The molecule has 0 aromatic heterocycles. The molecule has 1 fully saturated rings. The minimum absolute atomic E-state index is 0.238. The molecular formula is C48H46BOP. The van der Waals surface area contributed by atoms with Crippen molar-refractivity contribution in [2.45, 2.75) is 37.4 Å². The van der Waals surface area contributed by atoms with Gasteiger partial charge in [-0.25, -0.2) is 0 Å². The highest BCUT2D eigenvalue weighted by Crippen LogP contribution is 2.63. The fourth-order valence-corrected chi connectivity index (χ4v) is 13.9. The molecule has 0 aliphatic heterocycles. The highest BCUT2D eigenvalue weighted by Gasteiger charge is 2.55. The summed E-state index contributed by atoms with van der Waals surface area (Å²) in [6, 6.07) is 76.3. The molecule has 7 aromatic rings. The summed E-state index contributed by atoms with van der Waals surface area (Å²) in [7, 11) is -1.93. The first-order valence-electron chi connectivity index (χ1n) is 18.4. The van der Waals surface area contributed by atoms with Gasteiger partial charge in [-0.1, -0.05) is 182 Å². The Kier molecular flexibility index (Phi) is 11.0. The minimum atomic E-state index is -1.93. The lowest BCUT2D eigenvalue weighted by Crippen LogP contribution is -2.74. The normalized spacial score (nSPS) is 16.0. The lowest BCUT2D eigenvalue weighted by Gasteiger charge is -2.44. The van der Waals surface area contributed by atoms with Crippen molar-refractivity contribution in [2.24, 2.45) is 0 Å². The molecule has 0 heterocycles. The molecule has 1 saturated carbocycles. The Bertz CT molecular complexity index is 1780. The van der Waals surface area contributed by atoms with Gasteiger partial charge in [-0.2, -0.15) is 21.9 Å². The van der Waals surface area contributed by atoms with Crippen molar-refractivity contribution in [3.05, 3.63) is 212 Å². The van der Waals surface area contributed by atoms with Gasteiger partial charge in [-0.05, 0) is 55.7 Å². The van der Waals surface area contributed by atoms with Crippen LogP contribution in [0.1, 0.15) is 25.7 Å². The lowest BCUT2D eigenvalue weighted by atomic mass is 9.13. The Morgan fingerprint density at radius 1 is 0.353 bits per heavy atom. The van der Waals surface area contributed by atoms with Gasteiger partial charge in [0.1, 0.15) is 35.0 Å². The first-order chi connectivity index (χ1) is 25.3. The van der Waals surface area contributed by atoms with Crippen LogP contribution in [0.5, 0.6) is 0 Å². The van der Waals surface area contributed by atoms with E-state index in [0.29, 0.717) is 0 Å². The largest absolute Gasteiger partial charge is 0.389 e. The van der Waals surface area contributed by atoms with E-state index in [9.17, 15) is 5.11 Å². The van der Waals surface area contributed by atoms with Crippen molar-refractivity contribution in [3.63, 3.8) is 0 Å². The maximum absolute atomic E-state index is 11.1. The summed E-state index contributed by atoms with van der Waals surface area (Å²) < 4.78 is 0. The third kappa shape index (κ3) is 6.87. The van der Waals surface area contributed by atoms with Crippen LogP contribution in [-0.4, -0.2) is 23.0 Å². The molecule has 2 atom stereocenters. The molecule has 1 nitrogen and oxygen atoms in total. The van der Waals surface area contributed by atoms with Gasteiger partial charge in [-0.15, -0.1) is 0 Å². The molecule has 0 radical (unpaired) electrons. The zero-order valence-corrected chi connectivity index (χ0v) is 30.1. The van der Waals surface area contributed by atoms with Gasteiger partial charge in [-0.3, -0.25) is 0 Å². The number of aliphatic hydroxyl groups is 1. The van der Waals surface area contributed by atoms with E-state index in [-0.39, 0.29) is 11.8 Å². The van der Waals surface area contributed by atoms with Crippen LogP contribution in [0.2, 0.25) is 0 Å². The zero-order chi connectivity index (χ0) is 34.8. The van der Waals surface area contributed by atoms with Crippen LogP contribution < -0.4 is 37.8 Å². The van der Waals surface area contributed by atoms with Crippen LogP contribution in [0.25, 0.3) is 0 Å². The quantitative estimate of drug-likeness (QED) is 0.132. The molecular weight excluding hydrogens is 634 g/mol. The van der Waals surface area contributed by atoms with Crippen molar-refractivity contribution in [1.29, 1.82) is 0 Å². The van der Waals surface area contributed by atoms with E-state index in [0.717, 1.165) is 19.3 Å². The smallest absolute Gasteiger partial charge is 0.117 e. The summed E-state index contributed by atoms with van der Waals surface area (Å²) in [5, 5.41) is 15.3.